The molecule has 0 aromatic rings. The Hall–Kier alpha value is -0.0800. The Bertz CT molecular complexity index is 203. The van der Waals surface area contributed by atoms with Crippen molar-refractivity contribution in [3.8, 4) is 0 Å². The lowest BCUT2D eigenvalue weighted by Gasteiger charge is -2.42. The van der Waals surface area contributed by atoms with Crippen molar-refractivity contribution in [2.24, 2.45) is 5.41 Å². The van der Waals surface area contributed by atoms with Gasteiger partial charge in [-0.05, 0) is 46.1 Å². The topological polar surface area (TPSA) is 23.5 Å². The summed E-state index contributed by atoms with van der Waals surface area (Å²) in [6.07, 6.45) is 1.18. The van der Waals surface area contributed by atoms with E-state index in [2.05, 4.69) is 32.6 Å². The first-order chi connectivity index (χ1) is 6.16. The van der Waals surface area contributed by atoms with Crippen LogP contribution in [-0.4, -0.2) is 34.2 Å². The van der Waals surface area contributed by atoms with Gasteiger partial charge in [-0.25, -0.2) is 0 Å². The van der Waals surface area contributed by atoms with Crippen LogP contribution in [0.3, 0.4) is 0 Å². The van der Waals surface area contributed by atoms with E-state index in [9.17, 15) is 5.11 Å². The Morgan fingerprint density at radius 2 is 1.86 bits per heavy atom. The van der Waals surface area contributed by atoms with E-state index in [0.29, 0.717) is 6.04 Å². The van der Waals surface area contributed by atoms with Crippen LogP contribution in [0.4, 0.5) is 0 Å². The predicted octanol–water partition coefficient (Wildman–Crippen LogP) is 2.27. The van der Waals surface area contributed by atoms with Gasteiger partial charge in [-0.15, -0.1) is 0 Å². The number of hydrogen-bond acceptors (Lipinski definition) is 2. The molecule has 2 heteroatoms. The van der Waals surface area contributed by atoms with Crippen molar-refractivity contribution in [2.75, 3.05) is 6.54 Å². The molecule has 1 aliphatic heterocycles. The van der Waals surface area contributed by atoms with Crippen molar-refractivity contribution >= 4 is 0 Å². The van der Waals surface area contributed by atoms with Crippen molar-refractivity contribution in [3.05, 3.63) is 0 Å². The van der Waals surface area contributed by atoms with Crippen molar-refractivity contribution in [3.63, 3.8) is 0 Å². The lowest BCUT2D eigenvalue weighted by Crippen LogP contribution is -2.53. The van der Waals surface area contributed by atoms with Crippen LogP contribution in [0.5, 0.6) is 0 Å². The van der Waals surface area contributed by atoms with Crippen LogP contribution in [0.25, 0.3) is 0 Å². The Kier molecular flexibility index (Phi) is 2.99. The molecular formula is C12H25NO. The van der Waals surface area contributed by atoms with E-state index in [1.54, 1.807) is 0 Å². The molecule has 2 nitrogen and oxygen atoms in total. The zero-order chi connectivity index (χ0) is 11.1. The van der Waals surface area contributed by atoms with Crippen LogP contribution < -0.4 is 0 Å². The first-order valence-corrected chi connectivity index (χ1v) is 5.64. The molecule has 1 atom stereocenters. The highest BCUT2D eigenvalue weighted by molar-refractivity contribution is 5.02. The van der Waals surface area contributed by atoms with Gasteiger partial charge in [0.1, 0.15) is 0 Å². The molecule has 0 aromatic carbocycles. The molecular weight excluding hydrogens is 174 g/mol. The largest absolute Gasteiger partial charge is 0.389 e. The van der Waals surface area contributed by atoms with E-state index in [-0.39, 0.29) is 11.5 Å². The highest BCUT2D eigenvalue weighted by Crippen LogP contribution is 2.42. The fraction of sp³-hybridized carbons (Fsp3) is 1.00. The fourth-order valence-corrected chi connectivity index (χ4v) is 3.05. The van der Waals surface area contributed by atoms with Crippen molar-refractivity contribution in [1.29, 1.82) is 0 Å². The molecule has 84 valence electrons. The number of aliphatic hydroxyl groups is 1. The third kappa shape index (κ3) is 2.12. The van der Waals surface area contributed by atoms with Crippen molar-refractivity contribution < 1.29 is 5.11 Å². The lowest BCUT2D eigenvalue weighted by molar-refractivity contribution is -0.0467. The SMILES string of the molecule is CC(C)N1CCC(C)(C)C1C(C)(C)O. The minimum atomic E-state index is -0.607. The summed E-state index contributed by atoms with van der Waals surface area (Å²) in [5, 5.41) is 10.2. The summed E-state index contributed by atoms with van der Waals surface area (Å²) in [6.45, 7) is 13.9. The van der Waals surface area contributed by atoms with Gasteiger partial charge >= 0.3 is 0 Å². The highest BCUT2D eigenvalue weighted by Gasteiger charge is 2.48. The molecule has 1 saturated heterocycles. The Morgan fingerprint density at radius 3 is 2.14 bits per heavy atom. The number of rotatable bonds is 2. The van der Waals surface area contributed by atoms with Gasteiger partial charge in [-0.1, -0.05) is 13.8 Å². The molecule has 1 aliphatic rings. The summed E-state index contributed by atoms with van der Waals surface area (Å²) in [6, 6.07) is 0.795. The van der Waals surface area contributed by atoms with Crippen molar-refractivity contribution in [2.45, 2.75) is 65.6 Å². The standard InChI is InChI=1S/C12H25NO/c1-9(2)13-8-7-11(3,4)10(13)12(5,6)14/h9-10,14H,7-8H2,1-6H3. The highest BCUT2D eigenvalue weighted by atomic mass is 16.3. The average Bonchev–Trinajstić information content (AvgIpc) is 2.23. The molecule has 1 fully saturated rings. The van der Waals surface area contributed by atoms with Gasteiger partial charge < -0.3 is 5.11 Å². The Balaban J connectivity index is 2.93. The fourth-order valence-electron chi connectivity index (χ4n) is 3.05. The van der Waals surface area contributed by atoms with Crippen LogP contribution in [0.15, 0.2) is 0 Å². The number of likely N-dealkylation sites (tertiary alicyclic amines) is 1. The summed E-state index contributed by atoms with van der Waals surface area (Å²) in [7, 11) is 0. The first kappa shape index (κ1) is 12.0. The molecule has 0 radical (unpaired) electrons. The average molecular weight is 199 g/mol. The van der Waals surface area contributed by atoms with Crippen LogP contribution in [-0.2, 0) is 0 Å². The molecule has 1 unspecified atom stereocenters. The number of hydrogen-bond donors (Lipinski definition) is 1. The second-order valence-electron chi connectivity index (χ2n) is 6.13. The molecule has 1 rings (SSSR count). The first-order valence-electron chi connectivity index (χ1n) is 5.64. The lowest BCUT2D eigenvalue weighted by atomic mass is 9.77. The van der Waals surface area contributed by atoms with Gasteiger partial charge in [0.15, 0.2) is 0 Å². The monoisotopic (exact) mass is 199 g/mol. The van der Waals surface area contributed by atoms with E-state index in [1.165, 1.54) is 6.42 Å². The zero-order valence-corrected chi connectivity index (χ0v) is 10.5. The van der Waals surface area contributed by atoms with Gasteiger partial charge in [-0.3, -0.25) is 4.90 Å². The summed E-state index contributed by atoms with van der Waals surface area (Å²) < 4.78 is 0. The molecule has 1 heterocycles. The van der Waals surface area contributed by atoms with Gasteiger partial charge in [0.25, 0.3) is 0 Å². The molecule has 0 saturated carbocycles. The Morgan fingerprint density at radius 1 is 1.36 bits per heavy atom. The molecule has 0 aliphatic carbocycles. The molecule has 14 heavy (non-hydrogen) atoms. The molecule has 0 amide bonds. The Labute approximate surface area is 88.3 Å². The zero-order valence-electron chi connectivity index (χ0n) is 10.5. The predicted molar refractivity (Wildman–Crippen MR) is 60.3 cm³/mol. The molecule has 1 N–H and O–H groups in total. The maximum Gasteiger partial charge on any atom is 0.0751 e. The van der Waals surface area contributed by atoms with Gasteiger partial charge in [0, 0.05) is 12.1 Å². The molecule has 0 aromatic heterocycles. The second-order valence-corrected chi connectivity index (χ2v) is 6.13. The van der Waals surface area contributed by atoms with Crippen LogP contribution in [0.1, 0.15) is 48.0 Å². The maximum absolute atomic E-state index is 10.2. The third-order valence-electron chi connectivity index (χ3n) is 3.42. The minimum absolute atomic E-state index is 0.225. The van der Waals surface area contributed by atoms with E-state index < -0.39 is 5.60 Å². The minimum Gasteiger partial charge on any atom is -0.389 e. The summed E-state index contributed by atoms with van der Waals surface area (Å²) in [5.74, 6) is 0. The van der Waals surface area contributed by atoms with Crippen LogP contribution in [0, 0.1) is 5.41 Å². The second kappa shape index (κ2) is 3.49. The quantitative estimate of drug-likeness (QED) is 0.737. The van der Waals surface area contributed by atoms with Crippen molar-refractivity contribution in [1.82, 2.24) is 4.90 Å². The number of nitrogens with zero attached hydrogens (tertiary/aromatic N) is 1. The summed E-state index contributed by atoms with van der Waals surface area (Å²) in [4.78, 5) is 2.43. The molecule has 0 bridgehead atoms. The summed E-state index contributed by atoms with van der Waals surface area (Å²) in [5.41, 5.74) is -0.382. The molecule has 0 spiro atoms. The maximum atomic E-state index is 10.2. The van der Waals surface area contributed by atoms with Gasteiger partial charge in [0.05, 0.1) is 5.60 Å². The van der Waals surface area contributed by atoms with Crippen LogP contribution in [0.2, 0.25) is 0 Å². The normalized spacial score (nSPS) is 28.7. The van der Waals surface area contributed by atoms with Gasteiger partial charge in [0.2, 0.25) is 0 Å². The van der Waals surface area contributed by atoms with E-state index in [1.807, 2.05) is 13.8 Å². The summed E-state index contributed by atoms with van der Waals surface area (Å²) >= 11 is 0. The van der Waals surface area contributed by atoms with Gasteiger partial charge in [-0.2, -0.15) is 0 Å². The smallest absolute Gasteiger partial charge is 0.0751 e. The van der Waals surface area contributed by atoms with E-state index in [0.717, 1.165) is 6.54 Å². The van der Waals surface area contributed by atoms with E-state index in [4.69, 9.17) is 0 Å². The van der Waals surface area contributed by atoms with Crippen LogP contribution >= 0.6 is 0 Å². The van der Waals surface area contributed by atoms with E-state index >= 15 is 0 Å². The third-order valence-corrected chi connectivity index (χ3v) is 3.42.